The maximum absolute atomic E-state index is 12.2. The van der Waals surface area contributed by atoms with Gasteiger partial charge in [-0.25, -0.2) is 9.69 Å². The van der Waals surface area contributed by atoms with Crippen LogP contribution in [-0.4, -0.2) is 82.4 Å². The number of cyclic esters (lactones) is 1. The predicted molar refractivity (Wildman–Crippen MR) is 97.8 cm³/mol. The number of benzene rings is 1. The van der Waals surface area contributed by atoms with Crippen molar-refractivity contribution in [2.75, 3.05) is 69.8 Å². The van der Waals surface area contributed by atoms with E-state index in [9.17, 15) is 14.4 Å². The molecule has 2 aliphatic heterocycles. The molecule has 9 nitrogen and oxygen atoms in total. The van der Waals surface area contributed by atoms with Crippen molar-refractivity contribution in [3.05, 3.63) is 24.3 Å². The van der Waals surface area contributed by atoms with Gasteiger partial charge >= 0.3 is 6.09 Å². The lowest BCUT2D eigenvalue weighted by molar-refractivity contribution is -0.862. The summed E-state index contributed by atoms with van der Waals surface area (Å²) in [6, 6.07) is 7.67. The quantitative estimate of drug-likeness (QED) is 0.658. The Morgan fingerprint density at radius 2 is 1.78 bits per heavy atom. The van der Waals surface area contributed by atoms with Crippen LogP contribution in [-0.2, 0) is 19.1 Å². The second kappa shape index (κ2) is 8.83. The number of quaternary nitrogens is 1. The van der Waals surface area contributed by atoms with E-state index < -0.39 is 6.09 Å². The monoisotopic (exact) mass is 377 g/mol. The Kier molecular flexibility index (Phi) is 6.25. The lowest BCUT2D eigenvalue weighted by Crippen LogP contribution is -3.11. The van der Waals surface area contributed by atoms with E-state index in [2.05, 4.69) is 10.2 Å². The highest BCUT2D eigenvalue weighted by molar-refractivity contribution is 5.94. The van der Waals surface area contributed by atoms with E-state index >= 15 is 0 Å². The first-order chi connectivity index (χ1) is 13.0. The summed E-state index contributed by atoms with van der Waals surface area (Å²) in [7, 11) is 1.74. The molecule has 1 aromatic rings. The number of morpholine rings is 1. The van der Waals surface area contributed by atoms with Crippen LogP contribution in [0.2, 0.25) is 0 Å². The molecular weight excluding hydrogens is 352 g/mol. The molecule has 9 heteroatoms. The molecule has 146 valence electrons. The summed E-state index contributed by atoms with van der Waals surface area (Å²) < 4.78 is 10.1. The molecule has 2 fully saturated rings. The number of nitrogens with one attached hydrogen (secondary N) is 2. The average Bonchev–Trinajstić information content (AvgIpc) is 3.09. The van der Waals surface area contributed by atoms with Crippen molar-refractivity contribution in [1.82, 2.24) is 4.90 Å². The third-order valence-corrected chi connectivity index (χ3v) is 4.50. The molecule has 1 aromatic carbocycles. The van der Waals surface area contributed by atoms with Gasteiger partial charge in [0.2, 0.25) is 0 Å². The van der Waals surface area contributed by atoms with Crippen molar-refractivity contribution in [1.29, 1.82) is 0 Å². The summed E-state index contributed by atoms with van der Waals surface area (Å²) >= 11 is 0. The van der Waals surface area contributed by atoms with Gasteiger partial charge in [-0.1, -0.05) is 0 Å². The van der Waals surface area contributed by atoms with Gasteiger partial charge in [0.1, 0.15) is 6.61 Å². The van der Waals surface area contributed by atoms with Crippen LogP contribution in [0.4, 0.5) is 16.2 Å². The van der Waals surface area contributed by atoms with Crippen molar-refractivity contribution in [3.8, 4) is 0 Å². The lowest BCUT2D eigenvalue weighted by Gasteiger charge is -2.28. The van der Waals surface area contributed by atoms with Crippen molar-refractivity contribution < 1.29 is 28.8 Å². The lowest BCUT2D eigenvalue weighted by atomic mass is 10.2. The highest BCUT2D eigenvalue weighted by atomic mass is 16.6. The minimum Gasteiger partial charge on any atom is -0.447 e. The largest absolute Gasteiger partial charge is 0.447 e. The number of amides is 3. The average molecular weight is 377 g/mol. The Morgan fingerprint density at radius 3 is 2.41 bits per heavy atom. The zero-order valence-electron chi connectivity index (χ0n) is 15.4. The third kappa shape index (κ3) is 5.18. The van der Waals surface area contributed by atoms with Gasteiger partial charge in [-0.15, -0.1) is 0 Å². The van der Waals surface area contributed by atoms with Crippen LogP contribution in [0.1, 0.15) is 0 Å². The number of anilines is 2. The van der Waals surface area contributed by atoms with Crippen LogP contribution >= 0.6 is 0 Å². The molecule has 2 heterocycles. The maximum Gasteiger partial charge on any atom is 0.416 e. The topological polar surface area (TPSA) is 92.6 Å². The highest BCUT2D eigenvalue weighted by Crippen LogP contribution is 2.18. The van der Waals surface area contributed by atoms with E-state index in [4.69, 9.17) is 9.47 Å². The molecule has 0 aromatic heterocycles. The first-order valence-electron chi connectivity index (χ1n) is 9.04. The summed E-state index contributed by atoms with van der Waals surface area (Å²) in [6.07, 6.45) is -0.613. The van der Waals surface area contributed by atoms with Crippen LogP contribution in [0, 0.1) is 0 Å². The molecule has 0 spiro atoms. The number of carbonyl (C=O) groups is 3. The first kappa shape index (κ1) is 19.1. The Labute approximate surface area is 157 Å². The van der Waals surface area contributed by atoms with Gasteiger partial charge in [0.25, 0.3) is 11.8 Å². The first-order valence-corrected chi connectivity index (χ1v) is 9.04. The molecular formula is C18H25N4O5+. The van der Waals surface area contributed by atoms with Crippen LogP contribution in [0.5, 0.6) is 0 Å². The number of hydrogen-bond acceptors (Lipinski definition) is 6. The van der Waals surface area contributed by atoms with Crippen LogP contribution < -0.4 is 15.1 Å². The number of hydrogen-bond donors (Lipinski definition) is 2. The van der Waals surface area contributed by atoms with Crippen molar-refractivity contribution >= 4 is 29.3 Å². The van der Waals surface area contributed by atoms with E-state index in [1.807, 2.05) is 24.3 Å². The fourth-order valence-corrected chi connectivity index (χ4v) is 3.09. The fraction of sp³-hybridized carbons (Fsp3) is 0.500. The second-order valence-electron chi connectivity index (χ2n) is 6.66. The van der Waals surface area contributed by atoms with Gasteiger partial charge in [-0.05, 0) is 24.3 Å². The number of ether oxygens (including phenoxy) is 2. The van der Waals surface area contributed by atoms with Gasteiger partial charge in [-0.3, -0.25) is 9.59 Å². The van der Waals surface area contributed by atoms with Crippen LogP contribution in [0.3, 0.4) is 0 Å². The molecule has 3 rings (SSSR count). The molecule has 3 amide bonds. The van der Waals surface area contributed by atoms with Gasteiger partial charge < -0.3 is 24.6 Å². The SMILES string of the molecule is C[NH+](CC(=O)Nc1ccc(N2CCOCC2)cc1)CC(=O)N1CCOC1=O. The number of likely N-dealkylation sites (N-methyl/N-ethyl adjacent to an activating group) is 1. The fourth-order valence-electron chi connectivity index (χ4n) is 3.09. The normalized spacial score (nSPS) is 18.2. The molecule has 1 unspecified atom stereocenters. The van der Waals surface area contributed by atoms with Crippen molar-refractivity contribution in [2.24, 2.45) is 0 Å². The standard InChI is InChI=1S/C18H24N4O5/c1-20(13-17(24)22-8-11-27-18(22)25)12-16(23)19-14-2-4-15(5-3-14)21-6-9-26-10-7-21/h2-5H,6-13H2,1H3,(H,19,23)/p+1. The maximum atomic E-state index is 12.2. The molecule has 2 saturated heterocycles. The van der Waals surface area contributed by atoms with E-state index in [0.717, 1.165) is 36.9 Å². The van der Waals surface area contributed by atoms with Crippen molar-refractivity contribution in [2.45, 2.75) is 0 Å². The molecule has 27 heavy (non-hydrogen) atoms. The summed E-state index contributed by atoms with van der Waals surface area (Å²) in [5, 5.41) is 2.84. The minimum atomic E-state index is -0.613. The highest BCUT2D eigenvalue weighted by Gasteiger charge is 2.30. The second-order valence-corrected chi connectivity index (χ2v) is 6.66. The molecule has 0 bridgehead atoms. The third-order valence-electron chi connectivity index (χ3n) is 4.50. The van der Waals surface area contributed by atoms with Crippen LogP contribution in [0.15, 0.2) is 24.3 Å². The van der Waals surface area contributed by atoms with Gasteiger partial charge in [-0.2, -0.15) is 0 Å². The van der Waals surface area contributed by atoms with E-state index in [-0.39, 0.29) is 38.1 Å². The van der Waals surface area contributed by atoms with Gasteiger partial charge in [0.05, 0.1) is 26.8 Å². The molecule has 0 saturated carbocycles. The Morgan fingerprint density at radius 1 is 1.07 bits per heavy atom. The van der Waals surface area contributed by atoms with E-state index in [0.29, 0.717) is 10.6 Å². The summed E-state index contributed by atoms with van der Waals surface area (Å²) in [4.78, 5) is 39.6. The number of imide groups is 1. The molecule has 2 N–H and O–H groups in total. The summed E-state index contributed by atoms with van der Waals surface area (Å²) in [6.45, 7) is 3.84. The Hall–Kier alpha value is -2.65. The zero-order valence-corrected chi connectivity index (χ0v) is 15.4. The van der Waals surface area contributed by atoms with E-state index in [1.54, 1.807) is 7.05 Å². The van der Waals surface area contributed by atoms with Crippen molar-refractivity contribution in [3.63, 3.8) is 0 Å². The molecule has 1 atom stereocenters. The molecule has 2 aliphatic rings. The number of carbonyl (C=O) groups excluding carboxylic acids is 3. The number of rotatable bonds is 6. The van der Waals surface area contributed by atoms with Crippen LogP contribution in [0.25, 0.3) is 0 Å². The summed E-state index contributed by atoms with van der Waals surface area (Å²) in [5.41, 5.74) is 1.81. The smallest absolute Gasteiger partial charge is 0.416 e. The molecule has 0 radical (unpaired) electrons. The predicted octanol–water partition coefficient (Wildman–Crippen LogP) is -1.04. The van der Waals surface area contributed by atoms with Gasteiger partial charge in [0, 0.05) is 24.5 Å². The van der Waals surface area contributed by atoms with Gasteiger partial charge in [0.15, 0.2) is 13.1 Å². The number of nitrogens with zero attached hydrogens (tertiary/aromatic N) is 2. The zero-order chi connectivity index (χ0) is 19.2. The van der Waals surface area contributed by atoms with E-state index in [1.165, 1.54) is 0 Å². The summed E-state index contributed by atoms with van der Waals surface area (Å²) in [5.74, 6) is -0.527. The minimum absolute atomic E-state index is 0.0541. The Bertz CT molecular complexity index is 687. The molecule has 0 aliphatic carbocycles. The Balaban J connectivity index is 1.45.